The monoisotopic (exact) mass is 332 g/mol. The fraction of sp³-hybridized carbons (Fsp3) is 0.714. The standard InChI is InChI=1S/C14H19F3N4S/c15-14(16,17)12-9-13(19-10-18-12)21-3-1-11(2-4-21)20-5-7-22-8-6-20/h9-11H,1-8H2. The fourth-order valence-electron chi connectivity index (χ4n) is 3.08. The highest BCUT2D eigenvalue weighted by atomic mass is 32.2. The second-order valence-corrected chi connectivity index (χ2v) is 6.85. The number of halogens is 3. The average molecular weight is 332 g/mol. The SMILES string of the molecule is FC(F)(F)c1cc(N2CCC(N3CCSCC3)CC2)ncn1. The molecule has 4 nitrogen and oxygen atoms in total. The van der Waals surface area contributed by atoms with Crippen LogP contribution in [0.5, 0.6) is 0 Å². The van der Waals surface area contributed by atoms with Gasteiger partial charge in [-0.3, -0.25) is 4.90 Å². The first-order chi connectivity index (χ1) is 10.5. The molecule has 0 aliphatic carbocycles. The van der Waals surface area contributed by atoms with Crippen molar-refractivity contribution in [3.8, 4) is 0 Å². The van der Waals surface area contributed by atoms with Crippen LogP contribution in [0.1, 0.15) is 18.5 Å². The van der Waals surface area contributed by atoms with Crippen LogP contribution in [0.15, 0.2) is 12.4 Å². The Kier molecular flexibility index (Phi) is 4.77. The van der Waals surface area contributed by atoms with Crippen LogP contribution in [-0.4, -0.2) is 58.6 Å². The van der Waals surface area contributed by atoms with Crippen LogP contribution in [-0.2, 0) is 6.18 Å². The lowest BCUT2D eigenvalue weighted by molar-refractivity contribution is -0.141. The molecule has 122 valence electrons. The van der Waals surface area contributed by atoms with Crippen molar-refractivity contribution in [1.82, 2.24) is 14.9 Å². The highest BCUT2D eigenvalue weighted by Gasteiger charge is 2.34. The van der Waals surface area contributed by atoms with Crippen LogP contribution in [0.2, 0.25) is 0 Å². The Labute approximate surface area is 132 Å². The summed E-state index contributed by atoms with van der Waals surface area (Å²) in [6.07, 6.45) is -1.44. The molecule has 0 radical (unpaired) electrons. The number of hydrogen-bond donors (Lipinski definition) is 0. The molecule has 1 aromatic rings. The van der Waals surface area contributed by atoms with Crippen molar-refractivity contribution in [2.75, 3.05) is 42.6 Å². The van der Waals surface area contributed by atoms with E-state index in [-0.39, 0.29) is 0 Å². The predicted octanol–water partition coefficient (Wildman–Crippen LogP) is 2.51. The van der Waals surface area contributed by atoms with Crippen molar-refractivity contribution < 1.29 is 13.2 Å². The minimum absolute atomic E-state index is 0.384. The van der Waals surface area contributed by atoms with Gasteiger partial charge in [0, 0.05) is 49.8 Å². The lowest BCUT2D eigenvalue weighted by Crippen LogP contribution is -2.48. The molecular formula is C14H19F3N4S. The molecule has 0 saturated carbocycles. The van der Waals surface area contributed by atoms with E-state index in [1.54, 1.807) is 0 Å². The topological polar surface area (TPSA) is 32.3 Å². The highest BCUT2D eigenvalue weighted by molar-refractivity contribution is 7.99. The van der Waals surface area contributed by atoms with E-state index < -0.39 is 11.9 Å². The molecule has 0 bridgehead atoms. The van der Waals surface area contributed by atoms with Gasteiger partial charge in [-0.25, -0.2) is 9.97 Å². The largest absolute Gasteiger partial charge is 0.433 e. The van der Waals surface area contributed by atoms with E-state index in [4.69, 9.17) is 0 Å². The molecular weight excluding hydrogens is 313 g/mol. The molecule has 2 fully saturated rings. The summed E-state index contributed by atoms with van der Waals surface area (Å²) in [6.45, 7) is 3.76. The maximum Gasteiger partial charge on any atom is 0.433 e. The van der Waals surface area contributed by atoms with Gasteiger partial charge in [0.1, 0.15) is 17.8 Å². The number of alkyl halides is 3. The summed E-state index contributed by atoms with van der Waals surface area (Å²) in [5, 5.41) is 0. The van der Waals surface area contributed by atoms with Gasteiger partial charge < -0.3 is 4.90 Å². The first-order valence-corrected chi connectivity index (χ1v) is 8.65. The molecule has 8 heteroatoms. The zero-order valence-corrected chi connectivity index (χ0v) is 13.0. The van der Waals surface area contributed by atoms with E-state index in [1.807, 2.05) is 16.7 Å². The minimum Gasteiger partial charge on any atom is -0.356 e. The number of hydrogen-bond acceptors (Lipinski definition) is 5. The van der Waals surface area contributed by atoms with Crippen LogP contribution in [0.4, 0.5) is 19.0 Å². The summed E-state index contributed by atoms with van der Waals surface area (Å²) in [6, 6.07) is 1.61. The van der Waals surface area contributed by atoms with Crippen molar-refractivity contribution in [1.29, 1.82) is 0 Å². The third-order valence-corrected chi connectivity index (χ3v) is 5.24. The van der Waals surface area contributed by atoms with Gasteiger partial charge in [0.2, 0.25) is 0 Å². The van der Waals surface area contributed by atoms with Crippen molar-refractivity contribution in [2.24, 2.45) is 0 Å². The Morgan fingerprint density at radius 1 is 1.05 bits per heavy atom. The van der Waals surface area contributed by atoms with Gasteiger partial charge in [-0.05, 0) is 12.8 Å². The van der Waals surface area contributed by atoms with Crippen LogP contribution >= 0.6 is 11.8 Å². The highest BCUT2D eigenvalue weighted by Crippen LogP contribution is 2.30. The summed E-state index contributed by atoms with van der Waals surface area (Å²) in [4.78, 5) is 11.8. The Balaban J connectivity index is 1.61. The van der Waals surface area contributed by atoms with Gasteiger partial charge in [-0.1, -0.05) is 0 Å². The summed E-state index contributed by atoms with van der Waals surface area (Å²) >= 11 is 1.99. The lowest BCUT2D eigenvalue weighted by atomic mass is 10.0. The van der Waals surface area contributed by atoms with Crippen molar-refractivity contribution >= 4 is 17.6 Å². The molecule has 3 rings (SSSR count). The lowest BCUT2D eigenvalue weighted by Gasteiger charge is -2.40. The van der Waals surface area contributed by atoms with Crippen LogP contribution in [0.3, 0.4) is 0 Å². The van der Waals surface area contributed by atoms with Crippen LogP contribution < -0.4 is 4.90 Å². The Bertz CT molecular complexity index is 497. The maximum absolute atomic E-state index is 12.7. The number of rotatable bonds is 2. The first-order valence-electron chi connectivity index (χ1n) is 7.50. The molecule has 2 aliphatic heterocycles. The van der Waals surface area contributed by atoms with E-state index in [2.05, 4.69) is 14.9 Å². The van der Waals surface area contributed by atoms with E-state index in [1.165, 1.54) is 11.5 Å². The summed E-state index contributed by atoms with van der Waals surface area (Å²) in [5.74, 6) is 2.75. The molecule has 0 aromatic carbocycles. The Morgan fingerprint density at radius 2 is 1.73 bits per heavy atom. The van der Waals surface area contributed by atoms with E-state index >= 15 is 0 Å². The molecule has 3 heterocycles. The van der Waals surface area contributed by atoms with Crippen LogP contribution in [0.25, 0.3) is 0 Å². The number of aromatic nitrogens is 2. The van der Waals surface area contributed by atoms with Gasteiger partial charge in [-0.15, -0.1) is 0 Å². The van der Waals surface area contributed by atoms with Gasteiger partial charge in [-0.2, -0.15) is 24.9 Å². The molecule has 1 aromatic heterocycles. The predicted molar refractivity (Wildman–Crippen MR) is 81.2 cm³/mol. The quantitative estimate of drug-likeness (QED) is 0.831. The van der Waals surface area contributed by atoms with Gasteiger partial charge >= 0.3 is 6.18 Å². The maximum atomic E-state index is 12.7. The number of piperidine rings is 1. The second kappa shape index (κ2) is 6.62. The van der Waals surface area contributed by atoms with E-state index in [0.29, 0.717) is 11.9 Å². The molecule has 2 aliphatic rings. The normalized spacial score (nSPS) is 22.0. The van der Waals surface area contributed by atoms with Gasteiger partial charge in [0.15, 0.2) is 0 Å². The molecule has 0 amide bonds. The number of nitrogens with zero attached hydrogens (tertiary/aromatic N) is 4. The molecule has 0 unspecified atom stereocenters. The summed E-state index contributed by atoms with van der Waals surface area (Å²) in [7, 11) is 0. The third kappa shape index (κ3) is 3.65. The summed E-state index contributed by atoms with van der Waals surface area (Å²) in [5.41, 5.74) is -0.868. The van der Waals surface area contributed by atoms with E-state index in [0.717, 1.165) is 51.4 Å². The smallest absolute Gasteiger partial charge is 0.356 e. The molecule has 2 saturated heterocycles. The van der Waals surface area contributed by atoms with Crippen LogP contribution in [0, 0.1) is 0 Å². The van der Waals surface area contributed by atoms with Crippen molar-refractivity contribution in [3.63, 3.8) is 0 Å². The Morgan fingerprint density at radius 3 is 2.36 bits per heavy atom. The van der Waals surface area contributed by atoms with Crippen molar-refractivity contribution in [3.05, 3.63) is 18.1 Å². The zero-order chi connectivity index (χ0) is 15.6. The molecule has 0 atom stereocenters. The fourth-order valence-corrected chi connectivity index (χ4v) is 4.01. The number of thioether (sulfide) groups is 1. The third-order valence-electron chi connectivity index (χ3n) is 4.29. The molecule has 22 heavy (non-hydrogen) atoms. The summed E-state index contributed by atoms with van der Waals surface area (Å²) < 4.78 is 38.2. The average Bonchev–Trinajstić information content (AvgIpc) is 2.55. The zero-order valence-electron chi connectivity index (χ0n) is 12.2. The number of anilines is 1. The van der Waals surface area contributed by atoms with Gasteiger partial charge in [0.25, 0.3) is 0 Å². The first kappa shape index (κ1) is 15.9. The van der Waals surface area contributed by atoms with Crippen molar-refractivity contribution in [2.45, 2.75) is 25.1 Å². The Hall–Kier alpha value is -1.02. The minimum atomic E-state index is -4.42. The second-order valence-electron chi connectivity index (χ2n) is 5.63. The van der Waals surface area contributed by atoms with Gasteiger partial charge in [0.05, 0.1) is 0 Å². The van der Waals surface area contributed by atoms with E-state index in [9.17, 15) is 13.2 Å². The molecule has 0 N–H and O–H groups in total. The molecule has 0 spiro atoms.